The maximum Gasteiger partial charge on any atom is 0.410 e. The van der Waals surface area contributed by atoms with Crippen LogP contribution in [0.1, 0.15) is 45.7 Å². The van der Waals surface area contributed by atoms with Crippen LogP contribution in [0.25, 0.3) is 0 Å². The fourth-order valence-electron chi connectivity index (χ4n) is 3.81. The zero-order chi connectivity index (χ0) is 28.0. The highest BCUT2D eigenvalue weighted by molar-refractivity contribution is 5.68. The van der Waals surface area contributed by atoms with Crippen molar-refractivity contribution >= 4 is 6.09 Å². The van der Waals surface area contributed by atoms with Crippen LogP contribution in [0.3, 0.4) is 0 Å². The first-order chi connectivity index (χ1) is 18.0. The SMILES string of the molecule is CC(C)(C)OC(=O)N(CCOCCN)CCOC(C)(C)C(F)CN(Cc1ccccc1)Cc1ccccc1. The lowest BCUT2D eigenvalue weighted by molar-refractivity contribution is -0.0857. The molecular weight excluding hydrogens is 485 g/mol. The third kappa shape index (κ3) is 12.3. The van der Waals surface area contributed by atoms with Gasteiger partial charge in [0.25, 0.3) is 0 Å². The van der Waals surface area contributed by atoms with Crippen LogP contribution in [0.4, 0.5) is 9.18 Å². The van der Waals surface area contributed by atoms with E-state index < -0.39 is 23.5 Å². The number of halogens is 1. The maximum absolute atomic E-state index is 15.7. The predicted molar refractivity (Wildman–Crippen MR) is 150 cm³/mol. The van der Waals surface area contributed by atoms with Crippen LogP contribution in [-0.4, -0.2) is 79.3 Å². The monoisotopic (exact) mass is 531 g/mol. The Morgan fingerprint density at radius 2 is 1.39 bits per heavy atom. The van der Waals surface area contributed by atoms with E-state index in [9.17, 15) is 4.79 Å². The molecule has 0 heterocycles. The molecule has 0 saturated carbocycles. The number of benzene rings is 2. The normalized spacial score (nSPS) is 12.9. The Morgan fingerprint density at radius 1 is 0.868 bits per heavy atom. The standard InChI is InChI=1S/C30H46FN3O4/c1-29(2,3)38-28(35)34(17-20-36-19-16-32)18-21-37-30(4,5)27(31)24-33(22-25-12-8-6-9-13-25)23-26-14-10-7-11-15-26/h6-15,27H,16-24,32H2,1-5H3. The van der Waals surface area contributed by atoms with Gasteiger partial charge in [-0.05, 0) is 45.7 Å². The smallest absolute Gasteiger partial charge is 0.410 e. The highest BCUT2D eigenvalue weighted by atomic mass is 19.1. The van der Waals surface area contributed by atoms with Gasteiger partial charge >= 0.3 is 6.09 Å². The molecule has 0 aliphatic rings. The molecule has 1 atom stereocenters. The molecule has 0 saturated heterocycles. The molecule has 38 heavy (non-hydrogen) atoms. The van der Waals surface area contributed by atoms with E-state index in [4.69, 9.17) is 19.9 Å². The van der Waals surface area contributed by atoms with Crippen LogP contribution < -0.4 is 5.73 Å². The van der Waals surface area contributed by atoms with Gasteiger partial charge in [0.15, 0.2) is 0 Å². The second kappa shape index (κ2) is 15.8. The number of nitrogens with zero attached hydrogens (tertiary/aromatic N) is 2. The van der Waals surface area contributed by atoms with Crippen molar-refractivity contribution < 1.29 is 23.4 Å². The van der Waals surface area contributed by atoms with Gasteiger partial charge in [-0.3, -0.25) is 4.90 Å². The van der Waals surface area contributed by atoms with Crippen molar-refractivity contribution in [3.63, 3.8) is 0 Å². The number of ether oxygens (including phenoxy) is 3. The summed E-state index contributed by atoms with van der Waals surface area (Å²) in [6.45, 7) is 12.3. The number of rotatable bonds is 16. The van der Waals surface area contributed by atoms with Crippen LogP contribution in [0.15, 0.2) is 60.7 Å². The molecule has 7 nitrogen and oxygen atoms in total. The zero-order valence-corrected chi connectivity index (χ0v) is 23.7. The molecule has 0 aromatic heterocycles. The molecule has 1 amide bonds. The maximum atomic E-state index is 15.7. The highest BCUT2D eigenvalue weighted by Gasteiger charge is 2.33. The van der Waals surface area contributed by atoms with Gasteiger partial charge < -0.3 is 24.8 Å². The van der Waals surface area contributed by atoms with Gasteiger partial charge in [0.05, 0.1) is 25.4 Å². The van der Waals surface area contributed by atoms with Gasteiger partial charge in [-0.15, -0.1) is 0 Å². The third-order valence-electron chi connectivity index (χ3n) is 5.93. The first kappa shape index (κ1) is 31.7. The summed E-state index contributed by atoms with van der Waals surface area (Å²) in [6, 6.07) is 20.1. The van der Waals surface area contributed by atoms with Crippen LogP contribution in [-0.2, 0) is 27.3 Å². The molecule has 0 aliphatic heterocycles. The van der Waals surface area contributed by atoms with E-state index in [1.807, 2.05) is 57.2 Å². The van der Waals surface area contributed by atoms with Gasteiger partial charge in [-0.25, -0.2) is 9.18 Å². The summed E-state index contributed by atoms with van der Waals surface area (Å²) >= 11 is 0. The lowest BCUT2D eigenvalue weighted by Crippen LogP contribution is -2.46. The average Bonchev–Trinajstić information content (AvgIpc) is 2.85. The van der Waals surface area contributed by atoms with Crippen LogP contribution in [0.2, 0.25) is 0 Å². The second-order valence-electron chi connectivity index (χ2n) is 10.9. The molecule has 8 heteroatoms. The lowest BCUT2D eigenvalue weighted by atomic mass is 10.0. The van der Waals surface area contributed by atoms with Crippen molar-refractivity contribution in [1.29, 1.82) is 0 Å². The minimum atomic E-state index is -1.25. The first-order valence-corrected chi connectivity index (χ1v) is 13.3. The molecule has 0 spiro atoms. The minimum absolute atomic E-state index is 0.168. The Morgan fingerprint density at radius 3 is 1.89 bits per heavy atom. The molecule has 212 valence electrons. The number of hydrogen-bond acceptors (Lipinski definition) is 6. The Labute approximate surface area is 228 Å². The summed E-state index contributed by atoms with van der Waals surface area (Å²) < 4.78 is 32.7. The van der Waals surface area contributed by atoms with Crippen LogP contribution >= 0.6 is 0 Å². The quantitative estimate of drug-likeness (QED) is 0.306. The van der Waals surface area contributed by atoms with Crippen LogP contribution in [0, 0.1) is 0 Å². The summed E-state index contributed by atoms with van der Waals surface area (Å²) in [6.07, 6.45) is -1.71. The van der Waals surface area contributed by atoms with Crippen molar-refractivity contribution in [2.75, 3.05) is 46.0 Å². The molecule has 0 radical (unpaired) electrons. The van der Waals surface area contributed by atoms with Gasteiger partial charge in [0.2, 0.25) is 0 Å². The Hall–Kier alpha value is -2.52. The largest absolute Gasteiger partial charge is 0.444 e. The van der Waals surface area contributed by atoms with E-state index in [-0.39, 0.29) is 19.7 Å². The molecule has 2 rings (SSSR count). The van der Waals surface area contributed by atoms with Gasteiger partial charge in [-0.2, -0.15) is 0 Å². The Kier molecular flexibility index (Phi) is 13.2. The summed E-state index contributed by atoms with van der Waals surface area (Å²) in [5, 5.41) is 0. The Balaban J connectivity index is 1.99. The lowest BCUT2D eigenvalue weighted by Gasteiger charge is -2.34. The van der Waals surface area contributed by atoms with Crippen molar-refractivity contribution in [1.82, 2.24) is 9.80 Å². The van der Waals surface area contributed by atoms with Gasteiger partial charge in [0, 0.05) is 39.3 Å². The fraction of sp³-hybridized carbons (Fsp3) is 0.567. The minimum Gasteiger partial charge on any atom is -0.444 e. The first-order valence-electron chi connectivity index (χ1n) is 13.3. The van der Waals surface area contributed by atoms with Crippen molar-refractivity contribution in [3.8, 4) is 0 Å². The van der Waals surface area contributed by atoms with E-state index in [0.29, 0.717) is 39.4 Å². The topological polar surface area (TPSA) is 77.3 Å². The number of alkyl halides is 1. The molecule has 2 N–H and O–H groups in total. The summed E-state index contributed by atoms with van der Waals surface area (Å²) in [5.74, 6) is 0. The summed E-state index contributed by atoms with van der Waals surface area (Å²) in [5.41, 5.74) is 6.04. The summed E-state index contributed by atoms with van der Waals surface area (Å²) in [4.78, 5) is 16.3. The van der Waals surface area contributed by atoms with E-state index in [0.717, 1.165) is 11.1 Å². The van der Waals surface area contributed by atoms with E-state index >= 15 is 4.39 Å². The zero-order valence-electron chi connectivity index (χ0n) is 23.7. The van der Waals surface area contributed by atoms with Crippen molar-refractivity contribution in [3.05, 3.63) is 71.8 Å². The fourth-order valence-corrected chi connectivity index (χ4v) is 3.81. The van der Waals surface area contributed by atoms with E-state index in [1.165, 1.54) is 4.90 Å². The highest BCUT2D eigenvalue weighted by Crippen LogP contribution is 2.22. The number of carbonyl (C=O) groups excluding carboxylic acids is 1. The Bertz CT molecular complexity index is 881. The van der Waals surface area contributed by atoms with E-state index in [2.05, 4.69) is 29.2 Å². The van der Waals surface area contributed by atoms with Gasteiger partial charge in [0.1, 0.15) is 11.8 Å². The molecular formula is C30H46FN3O4. The molecule has 0 bridgehead atoms. The van der Waals surface area contributed by atoms with Gasteiger partial charge in [-0.1, -0.05) is 60.7 Å². The molecule has 0 fully saturated rings. The molecule has 2 aromatic carbocycles. The third-order valence-corrected chi connectivity index (χ3v) is 5.93. The van der Waals surface area contributed by atoms with Crippen molar-refractivity contribution in [2.24, 2.45) is 5.73 Å². The predicted octanol–water partition coefficient (Wildman–Crippen LogP) is 5.03. The second-order valence-corrected chi connectivity index (χ2v) is 10.9. The molecule has 1 unspecified atom stereocenters. The summed E-state index contributed by atoms with van der Waals surface area (Å²) in [7, 11) is 0. The van der Waals surface area contributed by atoms with E-state index in [1.54, 1.807) is 13.8 Å². The average molecular weight is 532 g/mol. The number of carbonyl (C=O) groups is 1. The van der Waals surface area contributed by atoms with Crippen LogP contribution in [0.5, 0.6) is 0 Å². The number of nitrogens with two attached hydrogens (primary N) is 1. The molecule has 2 aromatic rings. The molecule has 0 aliphatic carbocycles. The van der Waals surface area contributed by atoms with Crippen molar-refractivity contribution in [2.45, 2.75) is 65.1 Å². The number of hydrogen-bond donors (Lipinski definition) is 1. The number of amides is 1.